The molecule has 2 atom stereocenters. The van der Waals surface area contributed by atoms with Crippen molar-refractivity contribution in [3.8, 4) is 11.8 Å². The lowest BCUT2D eigenvalue weighted by Crippen LogP contribution is -2.44. The molecule has 1 aliphatic heterocycles. The summed E-state index contributed by atoms with van der Waals surface area (Å²) in [7, 11) is 0. The quantitative estimate of drug-likeness (QED) is 0.627. The van der Waals surface area contributed by atoms with E-state index in [2.05, 4.69) is 54.3 Å². The highest BCUT2D eigenvalue weighted by Crippen LogP contribution is 2.29. The molecule has 0 amide bonds. The summed E-state index contributed by atoms with van der Waals surface area (Å²) in [6, 6.07) is 3.03. The fraction of sp³-hybridized carbons (Fsp3) is 0.400. The predicted molar refractivity (Wildman–Crippen MR) is 99.4 cm³/mol. The Bertz CT molecular complexity index is 632. The van der Waals surface area contributed by atoms with Crippen molar-refractivity contribution in [2.75, 3.05) is 6.61 Å². The van der Waals surface area contributed by atoms with E-state index in [1.165, 1.54) is 10.5 Å². The smallest absolute Gasteiger partial charge is 0.104 e. The Balaban J connectivity index is 2.19. The van der Waals surface area contributed by atoms with Gasteiger partial charge < -0.3 is 5.11 Å². The van der Waals surface area contributed by atoms with Gasteiger partial charge in [0.2, 0.25) is 0 Å². The lowest BCUT2D eigenvalue weighted by atomic mass is 9.92. The van der Waals surface area contributed by atoms with Gasteiger partial charge in [0.25, 0.3) is 0 Å². The maximum Gasteiger partial charge on any atom is 0.104 e. The SMILES string of the molecule is C=CC[C@@H]1CC(C)=C[C@@H](CC=C)N1Cc1cc(C#CCO)cs1. The van der Waals surface area contributed by atoms with E-state index in [4.69, 9.17) is 5.11 Å². The van der Waals surface area contributed by atoms with E-state index < -0.39 is 0 Å². The highest BCUT2D eigenvalue weighted by Gasteiger charge is 2.28. The Morgan fingerprint density at radius 2 is 2.17 bits per heavy atom. The Morgan fingerprint density at radius 3 is 2.87 bits per heavy atom. The average Bonchev–Trinajstić information content (AvgIpc) is 2.96. The molecule has 2 heterocycles. The molecule has 1 aromatic heterocycles. The number of aliphatic hydroxyl groups is 1. The van der Waals surface area contributed by atoms with E-state index in [0.717, 1.165) is 31.4 Å². The van der Waals surface area contributed by atoms with Crippen LogP contribution in [0.3, 0.4) is 0 Å². The van der Waals surface area contributed by atoms with E-state index in [1.54, 1.807) is 11.3 Å². The van der Waals surface area contributed by atoms with Crippen LogP contribution >= 0.6 is 11.3 Å². The molecular weight excluding hydrogens is 302 g/mol. The standard InChI is InChI=1S/C20H25NOS/c1-4-7-18-11-16(3)12-19(8-5-2)21(18)14-20-13-17(15-23-20)9-6-10-22/h4-5,11,13,15,18-19,22H,1-2,7-8,10,12,14H2,3H3/t18-,19-/m1/s1. The van der Waals surface area contributed by atoms with Crippen LogP contribution in [0.25, 0.3) is 0 Å². The first-order valence-electron chi connectivity index (χ1n) is 8.00. The third-order valence-electron chi connectivity index (χ3n) is 4.08. The van der Waals surface area contributed by atoms with Crippen LogP contribution in [-0.2, 0) is 6.54 Å². The number of thiophene rings is 1. The molecule has 2 nitrogen and oxygen atoms in total. The molecule has 122 valence electrons. The molecular formula is C20H25NOS. The first kappa shape index (κ1) is 17.7. The van der Waals surface area contributed by atoms with Gasteiger partial charge >= 0.3 is 0 Å². The zero-order valence-electron chi connectivity index (χ0n) is 13.8. The van der Waals surface area contributed by atoms with Crippen molar-refractivity contribution >= 4 is 11.3 Å². The summed E-state index contributed by atoms with van der Waals surface area (Å²) in [4.78, 5) is 3.87. The lowest BCUT2D eigenvalue weighted by molar-refractivity contribution is 0.139. The molecule has 0 bridgehead atoms. The van der Waals surface area contributed by atoms with E-state index in [-0.39, 0.29) is 6.61 Å². The van der Waals surface area contributed by atoms with Crippen molar-refractivity contribution in [3.05, 3.63) is 58.8 Å². The highest BCUT2D eigenvalue weighted by atomic mass is 32.1. The summed E-state index contributed by atoms with van der Waals surface area (Å²) in [5.41, 5.74) is 2.45. The maximum absolute atomic E-state index is 8.80. The summed E-state index contributed by atoms with van der Waals surface area (Å²) in [6.45, 7) is 10.9. The zero-order chi connectivity index (χ0) is 16.7. The molecule has 0 fully saturated rings. The molecule has 2 rings (SSSR count). The molecule has 0 unspecified atom stereocenters. The Morgan fingerprint density at radius 1 is 1.39 bits per heavy atom. The van der Waals surface area contributed by atoms with Gasteiger partial charge in [-0.1, -0.05) is 35.6 Å². The summed E-state index contributed by atoms with van der Waals surface area (Å²) in [5, 5.41) is 10.9. The van der Waals surface area contributed by atoms with E-state index >= 15 is 0 Å². The number of nitrogens with zero attached hydrogens (tertiary/aromatic N) is 1. The van der Waals surface area contributed by atoms with Gasteiger partial charge in [-0.25, -0.2) is 0 Å². The van der Waals surface area contributed by atoms with Gasteiger partial charge in [-0.3, -0.25) is 4.90 Å². The van der Waals surface area contributed by atoms with E-state index in [1.807, 2.05) is 12.2 Å². The maximum atomic E-state index is 8.80. The predicted octanol–water partition coefficient (Wildman–Crippen LogP) is 4.13. The summed E-state index contributed by atoms with van der Waals surface area (Å²) in [5.74, 6) is 5.69. The Labute approximate surface area is 143 Å². The van der Waals surface area contributed by atoms with Gasteiger partial charge in [0, 0.05) is 34.4 Å². The van der Waals surface area contributed by atoms with Crippen molar-refractivity contribution < 1.29 is 5.11 Å². The van der Waals surface area contributed by atoms with Gasteiger partial charge in [0.05, 0.1) is 0 Å². The molecule has 1 aliphatic rings. The minimum atomic E-state index is -0.0931. The van der Waals surface area contributed by atoms with Gasteiger partial charge in [-0.2, -0.15) is 0 Å². The second-order valence-corrected chi connectivity index (χ2v) is 6.92. The topological polar surface area (TPSA) is 23.5 Å². The van der Waals surface area contributed by atoms with Crippen molar-refractivity contribution in [3.63, 3.8) is 0 Å². The van der Waals surface area contributed by atoms with Crippen LogP contribution in [0.5, 0.6) is 0 Å². The molecule has 0 aromatic carbocycles. The number of hydrogen-bond acceptors (Lipinski definition) is 3. The largest absolute Gasteiger partial charge is 0.384 e. The molecule has 23 heavy (non-hydrogen) atoms. The molecule has 3 heteroatoms. The molecule has 0 spiro atoms. The molecule has 0 saturated carbocycles. The van der Waals surface area contributed by atoms with Crippen LogP contribution in [0.4, 0.5) is 0 Å². The average molecular weight is 327 g/mol. The number of hydrogen-bond donors (Lipinski definition) is 1. The van der Waals surface area contributed by atoms with Crippen molar-refractivity contribution in [2.24, 2.45) is 0 Å². The molecule has 1 N–H and O–H groups in total. The monoisotopic (exact) mass is 327 g/mol. The minimum absolute atomic E-state index is 0.0931. The number of aliphatic hydroxyl groups excluding tert-OH is 1. The van der Waals surface area contributed by atoms with Crippen molar-refractivity contribution in [1.82, 2.24) is 4.90 Å². The van der Waals surface area contributed by atoms with Gasteiger partial charge in [0.1, 0.15) is 6.61 Å². The Kier molecular flexibility index (Phi) is 6.85. The van der Waals surface area contributed by atoms with Crippen LogP contribution in [0.1, 0.15) is 36.6 Å². The summed E-state index contributed by atoms with van der Waals surface area (Å²) < 4.78 is 0. The first-order valence-corrected chi connectivity index (χ1v) is 8.87. The van der Waals surface area contributed by atoms with Crippen LogP contribution < -0.4 is 0 Å². The minimum Gasteiger partial charge on any atom is -0.384 e. The van der Waals surface area contributed by atoms with E-state index in [9.17, 15) is 0 Å². The summed E-state index contributed by atoms with van der Waals surface area (Å²) in [6.07, 6.45) is 9.47. The van der Waals surface area contributed by atoms with Crippen LogP contribution in [0, 0.1) is 11.8 Å². The van der Waals surface area contributed by atoms with Crippen LogP contribution in [0.15, 0.2) is 48.4 Å². The van der Waals surface area contributed by atoms with Gasteiger partial charge in [-0.15, -0.1) is 24.5 Å². The second-order valence-electron chi connectivity index (χ2n) is 5.92. The molecule has 0 radical (unpaired) electrons. The lowest BCUT2D eigenvalue weighted by Gasteiger charge is -2.40. The zero-order valence-corrected chi connectivity index (χ0v) is 14.6. The fourth-order valence-corrected chi connectivity index (χ4v) is 3.96. The second kappa shape index (κ2) is 8.88. The molecule has 0 aliphatic carbocycles. The van der Waals surface area contributed by atoms with Crippen molar-refractivity contribution in [2.45, 2.75) is 44.8 Å². The third kappa shape index (κ3) is 4.94. The molecule has 1 aromatic rings. The summed E-state index contributed by atoms with van der Waals surface area (Å²) >= 11 is 1.74. The normalized spacial score (nSPS) is 21.2. The first-order chi connectivity index (χ1) is 11.2. The highest BCUT2D eigenvalue weighted by molar-refractivity contribution is 7.10. The van der Waals surface area contributed by atoms with E-state index in [0.29, 0.717) is 12.1 Å². The number of rotatable bonds is 6. The Hall–Kier alpha value is -1.60. The van der Waals surface area contributed by atoms with Crippen molar-refractivity contribution in [1.29, 1.82) is 0 Å². The van der Waals surface area contributed by atoms with Gasteiger partial charge in [-0.05, 0) is 32.3 Å². The molecule has 0 saturated heterocycles. The van der Waals surface area contributed by atoms with Crippen LogP contribution in [-0.4, -0.2) is 28.7 Å². The van der Waals surface area contributed by atoms with Crippen LogP contribution in [0.2, 0.25) is 0 Å². The fourth-order valence-electron chi connectivity index (χ4n) is 3.13. The third-order valence-corrected chi connectivity index (χ3v) is 5.00. The van der Waals surface area contributed by atoms with Gasteiger partial charge in [0.15, 0.2) is 0 Å².